The van der Waals surface area contributed by atoms with Gasteiger partial charge in [0.05, 0.1) is 28.5 Å². The number of aliphatic hydroxyl groups is 2. The molecule has 2 aliphatic carbocycles. The molecule has 0 radical (unpaired) electrons. The van der Waals surface area contributed by atoms with E-state index in [1.807, 2.05) is 18.2 Å². The first-order valence-electron chi connectivity index (χ1n) is 10.2. The van der Waals surface area contributed by atoms with Crippen LogP contribution >= 0.6 is 11.3 Å². The molecule has 2 aromatic carbocycles. The zero-order chi connectivity index (χ0) is 20.7. The second-order valence-electron chi connectivity index (χ2n) is 8.72. The first kappa shape index (κ1) is 18.1. The van der Waals surface area contributed by atoms with E-state index in [4.69, 9.17) is 16.9 Å². The fourth-order valence-electron chi connectivity index (χ4n) is 6.28. The smallest absolute Gasteiger partial charge is 0.181 e. The van der Waals surface area contributed by atoms with Crippen LogP contribution in [0.2, 0.25) is 0 Å². The van der Waals surface area contributed by atoms with Gasteiger partial charge in [0.2, 0.25) is 0 Å². The number of rotatable bonds is 2. The molecule has 0 saturated heterocycles. The van der Waals surface area contributed by atoms with Crippen molar-refractivity contribution in [1.29, 1.82) is 5.41 Å². The standard InChI is InChI=1S/C22H23N5O2S/c23-7-11-12(24)2-4-14-16(11)17-9-6-10(21(29)20(9)28)18(17)19(26-14)8-1-3-13-15(5-8)30-22(25)27-13/h1-5,7,9-10,17-21,23,26,28-29H,6,24H2,(H2,25,27)/t9?,10?,17?,18-,19+,20?,21?/m1/s1. The number of fused-ring (bicyclic) bond motifs is 8. The van der Waals surface area contributed by atoms with Crippen molar-refractivity contribution < 1.29 is 10.2 Å². The van der Waals surface area contributed by atoms with Crippen LogP contribution in [0.1, 0.15) is 35.1 Å². The van der Waals surface area contributed by atoms with Crippen LogP contribution < -0.4 is 16.8 Å². The molecule has 3 aliphatic rings. The Morgan fingerprint density at radius 2 is 1.93 bits per heavy atom. The predicted molar refractivity (Wildman–Crippen MR) is 119 cm³/mol. The molecule has 154 valence electrons. The Kier molecular flexibility index (Phi) is 3.72. The molecular formula is C22H23N5O2S. The molecule has 7 nitrogen and oxygen atoms in total. The first-order valence-corrected chi connectivity index (χ1v) is 11.0. The third kappa shape index (κ3) is 2.26. The van der Waals surface area contributed by atoms with E-state index in [0.29, 0.717) is 16.4 Å². The maximum Gasteiger partial charge on any atom is 0.181 e. The molecule has 2 bridgehead atoms. The number of hydrogen-bond donors (Lipinski definition) is 6. The summed E-state index contributed by atoms with van der Waals surface area (Å²) < 4.78 is 1.04. The molecule has 3 aromatic rings. The van der Waals surface area contributed by atoms with E-state index in [2.05, 4.69) is 22.4 Å². The van der Waals surface area contributed by atoms with Crippen molar-refractivity contribution in [2.75, 3.05) is 16.8 Å². The van der Waals surface area contributed by atoms with E-state index >= 15 is 0 Å². The summed E-state index contributed by atoms with van der Waals surface area (Å²) >= 11 is 1.47. The summed E-state index contributed by atoms with van der Waals surface area (Å²) in [6.07, 6.45) is 0.617. The number of nitrogens with two attached hydrogens (primary N) is 2. The van der Waals surface area contributed by atoms with Gasteiger partial charge in [-0.15, -0.1) is 0 Å². The lowest BCUT2D eigenvalue weighted by molar-refractivity contribution is -0.0467. The molecule has 7 atom stereocenters. The second-order valence-corrected chi connectivity index (χ2v) is 9.79. The largest absolute Gasteiger partial charge is 0.398 e. The number of aliphatic hydroxyl groups excluding tert-OH is 2. The highest BCUT2D eigenvalue weighted by atomic mass is 32.1. The third-order valence-corrected chi connectivity index (χ3v) is 8.27. The van der Waals surface area contributed by atoms with Crippen molar-refractivity contribution in [3.63, 3.8) is 0 Å². The lowest BCUT2D eigenvalue weighted by atomic mass is 9.65. The van der Waals surface area contributed by atoms with Crippen LogP contribution in [-0.2, 0) is 0 Å². The monoisotopic (exact) mass is 421 g/mol. The molecule has 30 heavy (non-hydrogen) atoms. The Morgan fingerprint density at radius 1 is 1.13 bits per heavy atom. The minimum Gasteiger partial charge on any atom is -0.398 e. The zero-order valence-corrected chi connectivity index (χ0v) is 16.9. The molecule has 8 heteroatoms. The number of anilines is 3. The SMILES string of the molecule is N=Cc1c(N)ccc2c1C1C3CC(C(O)C3O)[C@H]1[C@H](c1ccc3nc(N)sc3c1)N2. The molecule has 0 amide bonds. The topological polar surface area (TPSA) is 141 Å². The molecule has 6 rings (SSSR count). The lowest BCUT2D eigenvalue weighted by Crippen LogP contribution is -2.46. The molecule has 2 fully saturated rings. The predicted octanol–water partition coefficient (Wildman–Crippen LogP) is 2.70. The van der Waals surface area contributed by atoms with Gasteiger partial charge in [-0.05, 0) is 65.5 Å². The van der Waals surface area contributed by atoms with E-state index in [1.165, 1.54) is 17.6 Å². The van der Waals surface area contributed by atoms with E-state index in [0.717, 1.165) is 33.5 Å². The number of nitrogens with zero attached hydrogens (tertiary/aromatic N) is 1. The van der Waals surface area contributed by atoms with Gasteiger partial charge in [-0.2, -0.15) is 0 Å². The molecule has 2 heterocycles. The molecule has 1 aromatic heterocycles. The van der Waals surface area contributed by atoms with E-state index in [9.17, 15) is 10.2 Å². The van der Waals surface area contributed by atoms with Crippen molar-refractivity contribution in [3.8, 4) is 0 Å². The Balaban J connectivity index is 1.54. The van der Waals surface area contributed by atoms with Crippen LogP contribution in [0.25, 0.3) is 10.2 Å². The number of benzene rings is 2. The van der Waals surface area contributed by atoms with Gasteiger partial charge >= 0.3 is 0 Å². The number of nitrogens with one attached hydrogen (secondary N) is 2. The van der Waals surface area contributed by atoms with Gasteiger partial charge in [-0.3, -0.25) is 0 Å². The first-order chi connectivity index (χ1) is 14.5. The summed E-state index contributed by atoms with van der Waals surface area (Å²) in [6, 6.07) is 9.98. The van der Waals surface area contributed by atoms with Crippen molar-refractivity contribution in [1.82, 2.24) is 4.98 Å². The van der Waals surface area contributed by atoms with E-state index in [-0.39, 0.29) is 29.7 Å². The van der Waals surface area contributed by atoms with Crippen LogP contribution in [0.15, 0.2) is 30.3 Å². The van der Waals surface area contributed by atoms with E-state index in [1.54, 1.807) is 0 Å². The van der Waals surface area contributed by atoms with Crippen LogP contribution in [0.3, 0.4) is 0 Å². The van der Waals surface area contributed by atoms with Crippen LogP contribution in [0.4, 0.5) is 16.5 Å². The van der Waals surface area contributed by atoms with Gasteiger partial charge in [0, 0.05) is 23.2 Å². The normalized spacial score (nSPS) is 33.9. The number of nitrogen functional groups attached to an aromatic ring is 2. The number of aromatic nitrogens is 1. The summed E-state index contributed by atoms with van der Waals surface area (Å²) in [7, 11) is 0. The Hall–Kier alpha value is -2.68. The highest BCUT2D eigenvalue weighted by Crippen LogP contribution is 2.64. The minimum atomic E-state index is -0.744. The van der Waals surface area contributed by atoms with Gasteiger partial charge in [-0.1, -0.05) is 17.4 Å². The van der Waals surface area contributed by atoms with Crippen molar-refractivity contribution in [2.45, 2.75) is 30.6 Å². The van der Waals surface area contributed by atoms with Gasteiger partial charge in [0.25, 0.3) is 0 Å². The highest BCUT2D eigenvalue weighted by molar-refractivity contribution is 7.22. The summed E-state index contributed by atoms with van der Waals surface area (Å²) in [4.78, 5) is 4.36. The Morgan fingerprint density at radius 3 is 2.73 bits per heavy atom. The van der Waals surface area contributed by atoms with Crippen LogP contribution in [-0.4, -0.2) is 33.6 Å². The molecule has 1 aliphatic heterocycles. The summed E-state index contributed by atoms with van der Waals surface area (Å²) in [6.45, 7) is 0. The Bertz CT molecular complexity index is 1190. The van der Waals surface area contributed by atoms with Crippen LogP contribution in [0, 0.1) is 23.2 Å². The van der Waals surface area contributed by atoms with Gasteiger partial charge in [0.15, 0.2) is 5.13 Å². The quantitative estimate of drug-likeness (QED) is 0.278. The molecule has 2 saturated carbocycles. The average molecular weight is 422 g/mol. The maximum absolute atomic E-state index is 10.7. The summed E-state index contributed by atoms with van der Waals surface area (Å²) in [5, 5.41) is 33.6. The molecule has 8 N–H and O–H groups in total. The van der Waals surface area contributed by atoms with E-state index < -0.39 is 12.2 Å². The fourth-order valence-corrected chi connectivity index (χ4v) is 7.06. The van der Waals surface area contributed by atoms with Crippen molar-refractivity contribution in [3.05, 3.63) is 47.0 Å². The van der Waals surface area contributed by atoms with Crippen LogP contribution in [0.5, 0.6) is 0 Å². The Labute approximate surface area is 177 Å². The minimum absolute atomic E-state index is 0.0112. The molecule has 0 spiro atoms. The summed E-state index contributed by atoms with van der Waals surface area (Å²) in [5.41, 5.74) is 17.3. The maximum atomic E-state index is 10.7. The number of hydrogen-bond acceptors (Lipinski definition) is 8. The van der Waals surface area contributed by atoms with Gasteiger partial charge in [-0.25, -0.2) is 4.98 Å². The lowest BCUT2D eigenvalue weighted by Gasteiger charge is -2.46. The average Bonchev–Trinajstić information content (AvgIpc) is 3.39. The zero-order valence-electron chi connectivity index (χ0n) is 16.1. The van der Waals surface area contributed by atoms with Crippen molar-refractivity contribution in [2.24, 2.45) is 17.8 Å². The molecular weight excluding hydrogens is 398 g/mol. The third-order valence-electron chi connectivity index (χ3n) is 7.42. The highest BCUT2D eigenvalue weighted by Gasteiger charge is 2.61. The van der Waals surface area contributed by atoms with Gasteiger partial charge < -0.3 is 32.4 Å². The number of thiazole rings is 1. The van der Waals surface area contributed by atoms with Crippen molar-refractivity contribution >= 4 is 44.3 Å². The summed E-state index contributed by atoms with van der Waals surface area (Å²) in [5.74, 6) is 0.0885. The molecule has 5 unspecified atom stereocenters. The second kappa shape index (κ2) is 6.16. The van der Waals surface area contributed by atoms with Gasteiger partial charge in [0.1, 0.15) is 0 Å². The fraction of sp³-hybridized carbons (Fsp3) is 0.364.